The molecule has 1 heterocycles. The summed E-state index contributed by atoms with van der Waals surface area (Å²) in [5.41, 5.74) is 0.622. The van der Waals surface area contributed by atoms with E-state index in [9.17, 15) is 4.79 Å². The maximum atomic E-state index is 11.7. The van der Waals surface area contributed by atoms with Crippen LogP contribution in [0.1, 0.15) is 0 Å². The van der Waals surface area contributed by atoms with Gasteiger partial charge < -0.3 is 4.52 Å². The fourth-order valence-electron chi connectivity index (χ4n) is 1.35. The number of rotatable bonds is 3. The summed E-state index contributed by atoms with van der Waals surface area (Å²) in [6.07, 6.45) is 1.58. The van der Waals surface area contributed by atoms with E-state index in [-0.39, 0.29) is 6.03 Å². The molecule has 0 aliphatic rings. The van der Waals surface area contributed by atoms with Crippen LogP contribution in [-0.2, 0) is 0 Å². The van der Waals surface area contributed by atoms with E-state index in [1.165, 1.54) is 4.31 Å². The third-order valence-corrected chi connectivity index (χ3v) is 2.48. The Morgan fingerprint density at radius 1 is 1.59 bits per heavy atom. The number of hydrogen-bond acceptors (Lipinski definition) is 4. The van der Waals surface area contributed by atoms with Crippen LogP contribution in [-0.4, -0.2) is 22.0 Å². The molecule has 2 amide bonds. The van der Waals surface area contributed by atoms with Crippen molar-refractivity contribution in [3.8, 4) is 0 Å². The van der Waals surface area contributed by atoms with Gasteiger partial charge in [0.2, 0.25) is 0 Å². The topological polar surface area (TPSA) is 58.4 Å². The lowest BCUT2D eigenvalue weighted by atomic mass is 10.2. The number of nitrogens with one attached hydrogen (secondary N) is 1. The molecule has 0 unspecified atom stereocenters. The number of carbonyl (C=O) groups is 1. The molecular weight excluding hydrogens is 238 g/mol. The molecule has 0 atom stereocenters. The lowest BCUT2D eigenvalue weighted by Gasteiger charge is -2.12. The Kier molecular flexibility index (Phi) is 3.34. The Morgan fingerprint density at radius 2 is 2.35 bits per heavy atom. The van der Waals surface area contributed by atoms with Gasteiger partial charge in [-0.3, -0.25) is 9.62 Å². The summed E-state index contributed by atoms with van der Waals surface area (Å²) in [7, 11) is 0. The van der Waals surface area contributed by atoms with Gasteiger partial charge in [0.1, 0.15) is 0 Å². The zero-order chi connectivity index (χ0) is 12.3. The molecule has 1 N–H and O–H groups in total. The first-order valence-electron chi connectivity index (χ1n) is 4.95. The van der Waals surface area contributed by atoms with Crippen molar-refractivity contribution < 1.29 is 9.32 Å². The summed E-state index contributed by atoms with van der Waals surface area (Å²) in [5.74, 6) is 0.383. The number of aromatic nitrogens is 1. The third-order valence-electron chi connectivity index (χ3n) is 2.14. The molecule has 0 saturated carbocycles. The molecule has 0 saturated heterocycles. The van der Waals surface area contributed by atoms with Crippen molar-refractivity contribution in [2.45, 2.75) is 0 Å². The van der Waals surface area contributed by atoms with Crippen LogP contribution in [0.5, 0.6) is 0 Å². The van der Waals surface area contributed by atoms with Gasteiger partial charge in [-0.25, -0.2) is 4.79 Å². The van der Waals surface area contributed by atoms with Crippen molar-refractivity contribution in [1.82, 2.24) is 9.46 Å². The number of anilines is 1. The molecule has 0 aliphatic carbocycles. The highest BCUT2D eigenvalue weighted by Gasteiger charge is 2.13. The number of nitrogens with zero attached hydrogens (tertiary/aromatic N) is 2. The van der Waals surface area contributed by atoms with Gasteiger partial charge >= 0.3 is 6.03 Å². The molecule has 0 radical (unpaired) electrons. The van der Waals surface area contributed by atoms with Crippen LogP contribution in [0.15, 0.2) is 41.4 Å². The van der Waals surface area contributed by atoms with Crippen molar-refractivity contribution in [3.05, 3.63) is 36.9 Å². The average Bonchev–Trinajstić information content (AvgIpc) is 2.73. The van der Waals surface area contributed by atoms with E-state index in [1.807, 2.05) is 18.2 Å². The minimum atomic E-state index is -0.382. The highest BCUT2D eigenvalue weighted by molar-refractivity contribution is 7.78. The molecule has 5 nitrogen and oxygen atoms in total. The predicted molar refractivity (Wildman–Crippen MR) is 68.9 cm³/mol. The predicted octanol–water partition coefficient (Wildman–Crippen LogP) is 2.69. The van der Waals surface area contributed by atoms with Crippen LogP contribution in [0.25, 0.3) is 11.0 Å². The maximum absolute atomic E-state index is 11.7. The number of benzene rings is 1. The third kappa shape index (κ3) is 2.42. The summed E-state index contributed by atoms with van der Waals surface area (Å²) < 4.78 is 6.25. The molecule has 1 aromatic carbocycles. The average molecular weight is 249 g/mol. The van der Waals surface area contributed by atoms with Crippen molar-refractivity contribution in [3.63, 3.8) is 0 Å². The fourth-order valence-corrected chi connectivity index (χ4v) is 1.51. The SMILES string of the molecule is C=CCN(S)C(=O)Nc1noc2ccccc12. The van der Waals surface area contributed by atoms with Crippen LogP contribution in [0.3, 0.4) is 0 Å². The van der Waals surface area contributed by atoms with E-state index < -0.39 is 0 Å². The molecule has 17 heavy (non-hydrogen) atoms. The van der Waals surface area contributed by atoms with Gasteiger partial charge in [-0.15, -0.1) is 6.58 Å². The summed E-state index contributed by atoms with van der Waals surface area (Å²) in [6.45, 7) is 3.86. The minimum Gasteiger partial charge on any atom is -0.354 e. The normalized spacial score (nSPS) is 10.2. The van der Waals surface area contributed by atoms with Crippen LogP contribution >= 0.6 is 12.8 Å². The summed E-state index contributed by atoms with van der Waals surface area (Å²) >= 11 is 4.00. The Hall–Kier alpha value is -1.95. The second-order valence-electron chi connectivity index (χ2n) is 3.33. The number of thiol groups is 1. The molecule has 0 fully saturated rings. The van der Waals surface area contributed by atoms with Gasteiger partial charge in [0, 0.05) is 0 Å². The van der Waals surface area contributed by atoms with Gasteiger partial charge in [-0.1, -0.05) is 36.2 Å². The summed E-state index contributed by atoms with van der Waals surface area (Å²) in [6, 6.07) is 6.89. The van der Waals surface area contributed by atoms with E-state index in [1.54, 1.807) is 12.1 Å². The maximum Gasteiger partial charge on any atom is 0.333 e. The summed E-state index contributed by atoms with van der Waals surface area (Å²) in [4.78, 5) is 11.7. The number of carbonyl (C=O) groups excluding carboxylic acids is 1. The number of urea groups is 1. The largest absolute Gasteiger partial charge is 0.354 e. The molecule has 2 rings (SSSR count). The molecule has 6 heteroatoms. The summed E-state index contributed by atoms with van der Waals surface area (Å²) in [5, 5.41) is 7.14. The van der Waals surface area contributed by atoms with E-state index in [4.69, 9.17) is 4.52 Å². The molecule has 0 aliphatic heterocycles. The number of amides is 2. The van der Waals surface area contributed by atoms with Gasteiger partial charge in [0.05, 0.1) is 11.9 Å². The number of para-hydroxylation sites is 1. The van der Waals surface area contributed by atoms with Gasteiger partial charge in [-0.05, 0) is 12.1 Å². The van der Waals surface area contributed by atoms with E-state index in [0.29, 0.717) is 17.9 Å². The van der Waals surface area contributed by atoms with Crippen molar-refractivity contribution in [1.29, 1.82) is 0 Å². The van der Waals surface area contributed by atoms with Gasteiger partial charge in [0.15, 0.2) is 11.4 Å². The molecule has 1 aromatic heterocycles. The first kappa shape index (κ1) is 11.5. The van der Waals surface area contributed by atoms with Crippen LogP contribution in [0, 0.1) is 0 Å². The zero-order valence-corrected chi connectivity index (χ0v) is 9.85. The van der Waals surface area contributed by atoms with E-state index in [2.05, 4.69) is 29.9 Å². The van der Waals surface area contributed by atoms with Crippen LogP contribution in [0.4, 0.5) is 10.6 Å². The molecule has 0 spiro atoms. The molecule has 2 aromatic rings. The number of fused-ring (bicyclic) bond motifs is 1. The van der Waals surface area contributed by atoms with E-state index >= 15 is 0 Å². The van der Waals surface area contributed by atoms with Crippen LogP contribution < -0.4 is 5.32 Å². The fraction of sp³-hybridized carbons (Fsp3) is 0.0909. The van der Waals surface area contributed by atoms with Crippen molar-refractivity contribution in [2.24, 2.45) is 0 Å². The van der Waals surface area contributed by atoms with Gasteiger partial charge in [-0.2, -0.15) is 0 Å². The standard InChI is InChI=1S/C11H11N3O2S/c1-2-7-14(17)11(15)12-10-8-5-3-4-6-9(8)16-13-10/h2-6,17H,1,7H2,(H,12,13,15). The Morgan fingerprint density at radius 3 is 3.12 bits per heavy atom. The van der Waals surface area contributed by atoms with E-state index in [0.717, 1.165) is 5.39 Å². The highest BCUT2D eigenvalue weighted by atomic mass is 32.1. The first-order valence-corrected chi connectivity index (χ1v) is 5.35. The number of hydrogen-bond donors (Lipinski definition) is 2. The second-order valence-corrected chi connectivity index (χ2v) is 3.81. The lowest BCUT2D eigenvalue weighted by Crippen LogP contribution is -2.27. The quantitative estimate of drug-likeness (QED) is 0.649. The Labute approximate surface area is 104 Å². The van der Waals surface area contributed by atoms with Gasteiger partial charge in [0.25, 0.3) is 0 Å². The molecular formula is C11H11N3O2S. The zero-order valence-electron chi connectivity index (χ0n) is 8.96. The molecule has 88 valence electrons. The minimum absolute atomic E-state index is 0.338. The first-order chi connectivity index (χ1) is 8.22. The molecule has 0 bridgehead atoms. The Balaban J connectivity index is 2.18. The van der Waals surface area contributed by atoms with Crippen LogP contribution in [0.2, 0.25) is 0 Å². The monoisotopic (exact) mass is 249 g/mol. The second kappa shape index (κ2) is 4.92. The van der Waals surface area contributed by atoms with Crippen molar-refractivity contribution in [2.75, 3.05) is 11.9 Å². The highest BCUT2D eigenvalue weighted by Crippen LogP contribution is 2.22. The Bertz CT molecular complexity index is 552. The lowest BCUT2D eigenvalue weighted by molar-refractivity contribution is 0.241. The van der Waals surface area contributed by atoms with Crippen molar-refractivity contribution >= 4 is 35.6 Å². The smallest absolute Gasteiger partial charge is 0.333 e.